The minimum Gasteiger partial charge on any atom is -0.358 e. The van der Waals surface area contributed by atoms with Crippen LogP contribution in [0.2, 0.25) is 0 Å². The van der Waals surface area contributed by atoms with Crippen molar-refractivity contribution in [3.8, 4) is 6.07 Å². The number of carbonyl (C=O) groups is 1. The Labute approximate surface area is 127 Å². The summed E-state index contributed by atoms with van der Waals surface area (Å²) in [6.45, 7) is 2.56. The first-order valence-corrected chi connectivity index (χ1v) is 6.81. The van der Waals surface area contributed by atoms with Crippen LogP contribution in [0, 0.1) is 23.0 Å². The van der Waals surface area contributed by atoms with Crippen molar-refractivity contribution in [1.29, 1.82) is 5.26 Å². The molecule has 1 fully saturated rings. The summed E-state index contributed by atoms with van der Waals surface area (Å²) in [6.07, 6.45) is 1.15. The van der Waals surface area contributed by atoms with Gasteiger partial charge in [-0.05, 0) is 19.2 Å². The van der Waals surface area contributed by atoms with Crippen LogP contribution in [-0.4, -0.2) is 48.9 Å². The summed E-state index contributed by atoms with van der Waals surface area (Å²) in [4.78, 5) is 15.9. The van der Waals surface area contributed by atoms with Crippen molar-refractivity contribution in [2.24, 2.45) is 0 Å². The average Bonchev–Trinajstić information content (AvgIpc) is 2.50. The number of nitrogens with one attached hydrogen (secondary N) is 1. The van der Waals surface area contributed by atoms with Gasteiger partial charge < -0.3 is 15.1 Å². The number of hydrogen-bond acceptors (Lipinski definition) is 4. The highest BCUT2D eigenvalue weighted by Crippen LogP contribution is 2.15. The van der Waals surface area contributed by atoms with E-state index >= 15 is 0 Å². The molecule has 1 aromatic carbocycles. The van der Waals surface area contributed by atoms with Gasteiger partial charge in [-0.1, -0.05) is 0 Å². The van der Waals surface area contributed by atoms with E-state index in [9.17, 15) is 13.6 Å². The van der Waals surface area contributed by atoms with E-state index in [1.807, 2.05) is 13.1 Å². The molecule has 1 amide bonds. The standard InChI is InChI=1S/C15H16F2N4O/c1-20-4-6-21(7-5-20)15(22)11(9-18)10-19-14-3-2-12(16)8-13(14)17/h2-3,8,10,19H,4-7H2,1H3/b11-10-. The summed E-state index contributed by atoms with van der Waals surface area (Å²) >= 11 is 0. The smallest absolute Gasteiger partial charge is 0.266 e. The predicted octanol–water partition coefficient (Wildman–Crippen LogP) is 1.56. The number of piperazine rings is 1. The number of nitriles is 1. The number of carbonyl (C=O) groups excluding carboxylic acids is 1. The summed E-state index contributed by atoms with van der Waals surface area (Å²) in [7, 11) is 1.96. The predicted molar refractivity (Wildman–Crippen MR) is 77.8 cm³/mol. The molecule has 1 heterocycles. The fourth-order valence-corrected chi connectivity index (χ4v) is 2.08. The zero-order valence-corrected chi connectivity index (χ0v) is 12.1. The molecule has 1 aromatic rings. The van der Waals surface area contributed by atoms with E-state index in [0.717, 1.165) is 31.4 Å². The molecule has 1 aliphatic rings. The Kier molecular flexibility index (Phi) is 5.07. The number of nitrogens with zero attached hydrogens (tertiary/aromatic N) is 3. The molecular formula is C15H16F2N4O. The number of halogens is 2. The lowest BCUT2D eigenvalue weighted by molar-refractivity contribution is -0.128. The maximum absolute atomic E-state index is 13.5. The van der Waals surface area contributed by atoms with Gasteiger partial charge >= 0.3 is 0 Å². The minimum absolute atomic E-state index is 0.000303. The largest absolute Gasteiger partial charge is 0.358 e. The molecule has 5 nitrogen and oxygen atoms in total. The second-order valence-corrected chi connectivity index (χ2v) is 5.03. The molecule has 0 radical (unpaired) electrons. The fraction of sp³-hybridized carbons (Fsp3) is 0.333. The molecule has 1 saturated heterocycles. The molecule has 0 atom stereocenters. The number of hydrogen-bond donors (Lipinski definition) is 1. The van der Waals surface area contributed by atoms with Crippen LogP contribution in [0.3, 0.4) is 0 Å². The molecule has 7 heteroatoms. The first kappa shape index (κ1) is 15.9. The summed E-state index contributed by atoms with van der Waals surface area (Å²) in [5, 5.41) is 11.6. The van der Waals surface area contributed by atoms with Gasteiger partial charge in [0.25, 0.3) is 5.91 Å². The van der Waals surface area contributed by atoms with Crippen molar-refractivity contribution in [1.82, 2.24) is 9.80 Å². The Morgan fingerprint density at radius 2 is 2.00 bits per heavy atom. The van der Waals surface area contributed by atoms with Crippen molar-refractivity contribution >= 4 is 11.6 Å². The van der Waals surface area contributed by atoms with E-state index in [1.54, 1.807) is 4.90 Å². The molecule has 116 valence electrons. The summed E-state index contributed by atoms with van der Waals surface area (Å²) in [5.41, 5.74) is -0.117. The first-order valence-electron chi connectivity index (χ1n) is 6.81. The third kappa shape index (κ3) is 3.80. The van der Waals surface area contributed by atoms with Gasteiger partial charge in [0.05, 0.1) is 5.69 Å². The lowest BCUT2D eigenvalue weighted by atomic mass is 10.2. The molecular weight excluding hydrogens is 290 g/mol. The van der Waals surface area contributed by atoms with E-state index < -0.39 is 17.5 Å². The van der Waals surface area contributed by atoms with Gasteiger partial charge in [-0.2, -0.15) is 5.26 Å². The molecule has 1 N–H and O–H groups in total. The van der Waals surface area contributed by atoms with Crippen molar-refractivity contribution in [2.75, 3.05) is 38.5 Å². The SMILES string of the molecule is CN1CCN(C(=O)/C(C#N)=C\Nc2ccc(F)cc2F)CC1. The van der Waals surface area contributed by atoms with Crippen LogP contribution in [0.25, 0.3) is 0 Å². The molecule has 0 unspecified atom stereocenters. The van der Waals surface area contributed by atoms with E-state index in [-0.39, 0.29) is 11.3 Å². The quantitative estimate of drug-likeness (QED) is 0.680. The van der Waals surface area contributed by atoms with Crippen LogP contribution in [0.4, 0.5) is 14.5 Å². The number of likely N-dealkylation sites (N-methyl/N-ethyl adjacent to an activating group) is 1. The molecule has 1 aliphatic heterocycles. The number of amides is 1. The van der Waals surface area contributed by atoms with Gasteiger partial charge in [0.15, 0.2) is 0 Å². The van der Waals surface area contributed by atoms with Gasteiger partial charge in [-0.3, -0.25) is 4.79 Å². The Hall–Kier alpha value is -2.46. The van der Waals surface area contributed by atoms with Crippen LogP contribution < -0.4 is 5.32 Å². The van der Waals surface area contributed by atoms with Gasteiger partial charge in [0, 0.05) is 38.4 Å². The van der Waals surface area contributed by atoms with Gasteiger partial charge in [-0.25, -0.2) is 8.78 Å². The van der Waals surface area contributed by atoms with E-state index in [2.05, 4.69) is 10.2 Å². The summed E-state index contributed by atoms with van der Waals surface area (Å²) in [5.74, 6) is -1.88. The molecule has 0 spiro atoms. The topological polar surface area (TPSA) is 59.4 Å². The molecule has 0 aromatic heterocycles. The lowest BCUT2D eigenvalue weighted by Crippen LogP contribution is -2.47. The van der Waals surface area contributed by atoms with Gasteiger partial charge in [0.2, 0.25) is 0 Å². The summed E-state index contributed by atoms with van der Waals surface area (Å²) < 4.78 is 26.3. The van der Waals surface area contributed by atoms with Crippen molar-refractivity contribution in [3.63, 3.8) is 0 Å². The third-order valence-corrected chi connectivity index (χ3v) is 3.44. The monoisotopic (exact) mass is 306 g/mol. The Bertz CT molecular complexity index is 631. The van der Waals surface area contributed by atoms with Crippen molar-refractivity contribution < 1.29 is 13.6 Å². The highest BCUT2D eigenvalue weighted by atomic mass is 19.1. The van der Waals surface area contributed by atoms with E-state index in [1.165, 1.54) is 6.07 Å². The molecule has 0 aliphatic carbocycles. The van der Waals surface area contributed by atoms with Crippen molar-refractivity contribution in [3.05, 3.63) is 41.6 Å². The van der Waals surface area contributed by atoms with Crippen LogP contribution >= 0.6 is 0 Å². The highest BCUT2D eigenvalue weighted by molar-refractivity contribution is 5.97. The number of rotatable bonds is 3. The highest BCUT2D eigenvalue weighted by Gasteiger charge is 2.22. The number of anilines is 1. The lowest BCUT2D eigenvalue weighted by Gasteiger charge is -2.32. The Morgan fingerprint density at radius 3 is 2.59 bits per heavy atom. The minimum atomic E-state index is -0.791. The van der Waals surface area contributed by atoms with Crippen molar-refractivity contribution in [2.45, 2.75) is 0 Å². The molecule has 0 saturated carbocycles. The van der Waals surface area contributed by atoms with Crippen LogP contribution in [0.5, 0.6) is 0 Å². The second-order valence-electron chi connectivity index (χ2n) is 5.03. The molecule has 0 bridgehead atoms. The van der Waals surface area contributed by atoms with E-state index in [0.29, 0.717) is 13.1 Å². The van der Waals surface area contributed by atoms with E-state index in [4.69, 9.17) is 5.26 Å². The fourth-order valence-electron chi connectivity index (χ4n) is 2.08. The first-order chi connectivity index (χ1) is 10.5. The Morgan fingerprint density at radius 1 is 1.32 bits per heavy atom. The average molecular weight is 306 g/mol. The summed E-state index contributed by atoms with van der Waals surface area (Å²) in [6, 6.07) is 4.83. The maximum atomic E-state index is 13.5. The Balaban J connectivity index is 2.07. The van der Waals surface area contributed by atoms with Crippen LogP contribution in [0.15, 0.2) is 30.0 Å². The van der Waals surface area contributed by atoms with Crippen LogP contribution in [-0.2, 0) is 4.79 Å². The molecule has 22 heavy (non-hydrogen) atoms. The van der Waals surface area contributed by atoms with Gasteiger partial charge in [-0.15, -0.1) is 0 Å². The normalized spacial score (nSPS) is 16.3. The zero-order valence-electron chi connectivity index (χ0n) is 12.1. The molecule has 2 rings (SSSR count). The third-order valence-electron chi connectivity index (χ3n) is 3.44. The number of benzene rings is 1. The second kappa shape index (κ2) is 7.00. The maximum Gasteiger partial charge on any atom is 0.266 e. The van der Waals surface area contributed by atoms with Gasteiger partial charge in [0.1, 0.15) is 23.3 Å². The van der Waals surface area contributed by atoms with Crippen LogP contribution in [0.1, 0.15) is 0 Å². The zero-order chi connectivity index (χ0) is 16.1.